The Kier molecular flexibility index (Phi) is 4.44. The van der Waals surface area contributed by atoms with Crippen molar-refractivity contribution in [1.82, 2.24) is 10.2 Å². The smallest absolute Gasteiger partial charge is 0.236 e. The van der Waals surface area contributed by atoms with E-state index >= 15 is 0 Å². The number of carbonyl (C=O) groups excluding carboxylic acids is 1. The lowest BCUT2D eigenvalue weighted by atomic mass is 10.0. The Labute approximate surface area is 126 Å². The van der Waals surface area contributed by atoms with E-state index in [9.17, 15) is 4.79 Å². The van der Waals surface area contributed by atoms with Crippen LogP contribution in [0.3, 0.4) is 0 Å². The molecule has 0 aromatic heterocycles. The topological polar surface area (TPSA) is 41.6 Å². The van der Waals surface area contributed by atoms with E-state index in [0.717, 1.165) is 51.1 Å². The molecule has 2 aliphatic heterocycles. The molecule has 1 N–H and O–H groups in total. The third kappa shape index (κ3) is 3.21. The van der Waals surface area contributed by atoms with E-state index in [0.29, 0.717) is 6.54 Å². The summed E-state index contributed by atoms with van der Waals surface area (Å²) in [6.07, 6.45) is 4.26. The number of rotatable bonds is 5. The Morgan fingerprint density at radius 1 is 1.38 bits per heavy atom. The molecule has 1 aromatic rings. The zero-order chi connectivity index (χ0) is 14.7. The number of hydrogen-bond donors (Lipinski definition) is 1. The molecule has 1 aromatic carbocycles. The van der Waals surface area contributed by atoms with Crippen molar-refractivity contribution >= 4 is 5.91 Å². The van der Waals surface area contributed by atoms with Crippen molar-refractivity contribution in [2.24, 2.45) is 0 Å². The number of nitrogens with one attached hydrogen (secondary N) is 1. The molecule has 1 unspecified atom stereocenters. The van der Waals surface area contributed by atoms with Crippen LogP contribution in [-0.4, -0.2) is 37.0 Å². The molecule has 1 amide bonds. The lowest BCUT2D eigenvalue weighted by molar-refractivity contribution is -0.129. The minimum atomic E-state index is 0.232. The van der Waals surface area contributed by atoms with E-state index in [1.165, 1.54) is 11.1 Å². The average Bonchev–Trinajstić information content (AvgIpc) is 3.18. The van der Waals surface area contributed by atoms with Crippen molar-refractivity contribution in [2.75, 3.05) is 26.2 Å². The molecule has 2 aliphatic rings. The summed E-state index contributed by atoms with van der Waals surface area (Å²) >= 11 is 0. The van der Waals surface area contributed by atoms with Crippen LogP contribution in [0.25, 0.3) is 0 Å². The molecule has 0 radical (unpaired) electrons. The number of fused-ring (bicyclic) bond motifs is 1. The molecule has 1 atom stereocenters. The van der Waals surface area contributed by atoms with Gasteiger partial charge < -0.3 is 15.0 Å². The van der Waals surface area contributed by atoms with Gasteiger partial charge in [-0.2, -0.15) is 0 Å². The van der Waals surface area contributed by atoms with Gasteiger partial charge >= 0.3 is 0 Å². The van der Waals surface area contributed by atoms with Gasteiger partial charge in [0.15, 0.2) is 0 Å². The van der Waals surface area contributed by atoms with E-state index in [2.05, 4.69) is 30.4 Å². The van der Waals surface area contributed by atoms with Crippen molar-refractivity contribution in [3.8, 4) is 5.75 Å². The summed E-state index contributed by atoms with van der Waals surface area (Å²) in [5.74, 6) is 1.25. The van der Waals surface area contributed by atoms with Gasteiger partial charge in [-0.15, -0.1) is 0 Å². The highest BCUT2D eigenvalue weighted by molar-refractivity contribution is 5.78. The summed E-state index contributed by atoms with van der Waals surface area (Å²) < 4.78 is 5.55. The maximum Gasteiger partial charge on any atom is 0.236 e. The lowest BCUT2D eigenvalue weighted by Crippen LogP contribution is -2.37. The molecule has 3 rings (SSSR count). The maximum absolute atomic E-state index is 12.1. The minimum absolute atomic E-state index is 0.232. The number of hydrogen-bond acceptors (Lipinski definition) is 3. The molecule has 21 heavy (non-hydrogen) atoms. The van der Waals surface area contributed by atoms with Crippen molar-refractivity contribution in [3.63, 3.8) is 0 Å². The van der Waals surface area contributed by atoms with Gasteiger partial charge in [0.05, 0.1) is 13.2 Å². The Morgan fingerprint density at radius 3 is 2.95 bits per heavy atom. The largest absolute Gasteiger partial charge is 0.493 e. The second-order valence-electron chi connectivity index (χ2n) is 5.90. The summed E-state index contributed by atoms with van der Waals surface area (Å²) in [7, 11) is 0. The highest BCUT2D eigenvalue weighted by Gasteiger charge is 2.20. The minimum Gasteiger partial charge on any atom is -0.493 e. The molecule has 0 spiro atoms. The van der Waals surface area contributed by atoms with Crippen molar-refractivity contribution in [1.29, 1.82) is 0 Å². The van der Waals surface area contributed by atoms with Crippen molar-refractivity contribution in [2.45, 2.75) is 38.6 Å². The molecular formula is C17H24N2O2. The molecule has 1 fully saturated rings. The van der Waals surface area contributed by atoms with Crippen molar-refractivity contribution < 1.29 is 9.53 Å². The van der Waals surface area contributed by atoms with Crippen LogP contribution in [0.2, 0.25) is 0 Å². The predicted molar refractivity (Wildman–Crippen MR) is 82.5 cm³/mol. The highest BCUT2D eigenvalue weighted by atomic mass is 16.5. The van der Waals surface area contributed by atoms with Gasteiger partial charge in [-0.3, -0.25) is 4.79 Å². The average molecular weight is 288 g/mol. The maximum atomic E-state index is 12.1. The molecule has 0 bridgehead atoms. The van der Waals surface area contributed by atoms with E-state index in [4.69, 9.17) is 4.74 Å². The van der Waals surface area contributed by atoms with Crippen LogP contribution >= 0.6 is 0 Å². The van der Waals surface area contributed by atoms with Gasteiger partial charge in [0.1, 0.15) is 5.75 Å². The highest BCUT2D eigenvalue weighted by Crippen LogP contribution is 2.29. The van der Waals surface area contributed by atoms with Crippen LogP contribution in [0.15, 0.2) is 18.2 Å². The Morgan fingerprint density at radius 2 is 2.19 bits per heavy atom. The van der Waals surface area contributed by atoms with Crippen LogP contribution in [0.1, 0.15) is 43.4 Å². The zero-order valence-electron chi connectivity index (χ0n) is 12.7. The Balaban J connectivity index is 1.60. The standard InChI is InChI=1S/C17H24N2O2/c1-2-15(18-12-17(20)19-8-3-4-9-19)13-5-6-16-14(11-13)7-10-21-16/h5-6,11,15,18H,2-4,7-10,12H2,1H3. The lowest BCUT2D eigenvalue weighted by Gasteiger charge is -2.21. The molecular weight excluding hydrogens is 264 g/mol. The number of nitrogens with zero attached hydrogens (tertiary/aromatic N) is 1. The van der Waals surface area contributed by atoms with Gasteiger partial charge in [0.2, 0.25) is 5.91 Å². The van der Waals surface area contributed by atoms with Crippen LogP contribution < -0.4 is 10.1 Å². The fourth-order valence-corrected chi connectivity index (χ4v) is 3.21. The van der Waals surface area contributed by atoms with Gasteiger partial charge in [-0.1, -0.05) is 19.1 Å². The number of benzene rings is 1. The van der Waals surface area contributed by atoms with Gasteiger partial charge in [0.25, 0.3) is 0 Å². The van der Waals surface area contributed by atoms with Crippen LogP contribution in [0.5, 0.6) is 5.75 Å². The summed E-state index contributed by atoms with van der Waals surface area (Å²) in [5.41, 5.74) is 2.55. The Hall–Kier alpha value is -1.55. The Bertz CT molecular complexity index is 510. The molecule has 0 saturated carbocycles. The molecule has 0 aliphatic carbocycles. The summed E-state index contributed by atoms with van der Waals surface area (Å²) in [4.78, 5) is 14.1. The normalized spacial score (nSPS) is 18.4. The molecule has 1 saturated heterocycles. The number of ether oxygens (including phenoxy) is 1. The van der Waals surface area contributed by atoms with Gasteiger partial charge in [0, 0.05) is 25.6 Å². The third-order valence-corrected chi connectivity index (χ3v) is 4.48. The van der Waals surface area contributed by atoms with E-state index in [-0.39, 0.29) is 11.9 Å². The molecule has 4 nitrogen and oxygen atoms in total. The number of amides is 1. The third-order valence-electron chi connectivity index (χ3n) is 4.48. The van der Waals surface area contributed by atoms with Crippen LogP contribution in [-0.2, 0) is 11.2 Å². The summed E-state index contributed by atoms with van der Waals surface area (Å²) in [6, 6.07) is 6.64. The molecule has 4 heteroatoms. The van der Waals surface area contributed by atoms with Crippen LogP contribution in [0.4, 0.5) is 0 Å². The second-order valence-corrected chi connectivity index (χ2v) is 5.90. The zero-order valence-corrected chi connectivity index (χ0v) is 12.7. The van der Waals surface area contributed by atoms with E-state index in [1.807, 2.05) is 4.90 Å². The predicted octanol–water partition coefficient (Wildman–Crippen LogP) is 2.28. The van der Waals surface area contributed by atoms with Gasteiger partial charge in [-0.05, 0) is 36.5 Å². The van der Waals surface area contributed by atoms with Gasteiger partial charge in [-0.25, -0.2) is 0 Å². The summed E-state index contributed by atoms with van der Waals surface area (Å²) in [6.45, 7) is 5.23. The monoisotopic (exact) mass is 288 g/mol. The number of carbonyl (C=O) groups is 1. The molecule has 114 valence electrons. The first kappa shape index (κ1) is 14.4. The van der Waals surface area contributed by atoms with E-state index < -0.39 is 0 Å². The first-order valence-corrected chi connectivity index (χ1v) is 8.04. The fourth-order valence-electron chi connectivity index (χ4n) is 3.21. The quantitative estimate of drug-likeness (QED) is 0.904. The van der Waals surface area contributed by atoms with Crippen molar-refractivity contribution in [3.05, 3.63) is 29.3 Å². The fraction of sp³-hybridized carbons (Fsp3) is 0.588. The van der Waals surface area contributed by atoms with Crippen LogP contribution in [0, 0.1) is 0 Å². The summed E-state index contributed by atoms with van der Waals surface area (Å²) in [5, 5.41) is 3.42. The first-order chi connectivity index (χ1) is 10.3. The first-order valence-electron chi connectivity index (χ1n) is 8.04. The SMILES string of the molecule is CCC(NCC(=O)N1CCCC1)c1ccc2c(c1)CCO2. The molecule has 2 heterocycles. The number of likely N-dealkylation sites (tertiary alicyclic amines) is 1. The second kappa shape index (κ2) is 6.48. The van der Waals surface area contributed by atoms with E-state index in [1.54, 1.807) is 0 Å².